The molecule has 0 aliphatic carbocycles. The van der Waals surface area contributed by atoms with E-state index in [0.29, 0.717) is 6.54 Å². The topological polar surface area (TPSA) is 96.3 Å². The summed E-state index contributed by atoms with van der Waals surface area (Å²) in [5, 5.41) is 5.63. The van der Waals surface area contributed by atoms with Crippen LogP contribution in [0.15, 0.2) is 24.3 Å². The van der Waals surface area contributed by atoms with Gasteiger partial charge in [0.15, 0.2) is 0 Å². The van der Waals surface area contributed by atoms with Gasteiger partial charge in [0.25, 0.3) is 0 Å². The summed E-state index contributed by atoms with van der Waals surface area (Å²) in [5.74, 6) is -0.697. The minimum absolute atomic E-state index is 0.113. The van der Waals surface area contributed by atoms with E-state index in [0.717, 1.165) is 16.6 Å². The lowest BCUT2D eigenvalue weighted by Gasteiger charge is -2.16. The van der Waals surface area contributed by atoms with Crippen molar-refractivity contribution in [1.82, 2.24) is 9.88 Å². The van der Waals surface area contributed by atoms with Crippen LogP contribution in [0.4, 0.5) is 4.39 Å². The van der Waals surface area contributed by atoms with Gasteiger partial charge in [-0.1, -0.05) is 0 Å². The molecule has 0 unspecified atom stereocenters. The number of aromatic amines is 1. The number of rotatable bonds is 6. The van der Waals surface area contributed by atoms with Gasteiger partial charge in [-0.05, 0) is 30.7 Å². The maximum absolute atomic E-state index is 13.1. The summed E-state index contributed by atoms with van der Waals surface area (Å²) in [5.41, 5.74) is 1.58. The predicted octanol–water partition coefficient (Wildman–Crippen LogP) is 1.33. The zero-order valence-electron chi connectivity index (χ0n) is 12.2. The second kappa shape index (κ2) is 6.45. The number of primary sulfonamides is 1. The number of carbonyl (C=O) groups excluding carboxylic acids is 1. The molecule has 0 radical (unpaired) electrons. The first-order valence-electron chi connectivity index (χ1n) is 6.76. The van der Waals surface area contributed by atoms with Crippen molar-refractivity contribution in [3.63, 3.8) is 0 Å². The first kappa shape index (κ1) is 16.4. The Morgan fingerprint density at radius 1 is 1.36 bits per heavy atom. The van der Waals surface area contributed by atoms with E-state index in [-0.39, 0.29) is 30.3 Å². The molecule has 22 heavy (non-hydrogen) atoms. The highest BCUT2D eigenvalue weighted by atomic mass is 32.2. The quantitative estimate of drug-likeness (QED) is 0.838. The lowest BCUT2D eigenvalue weighted by atomic mass is 10.2. The van der Waals surface area contributed by atoms with Gasteiger partial charge in [0.1, 0.15) is 5.82 Å². The van der Waals surface area contributed by atoms with Crippen LogP contribution in [0.1, 0.15) is 18.5 Å². The number of nitrogens with one attached hydrogen (secondary N) is 1. The van der Waals surface area contributed by atoms with Crippen LogP contribution in [-0.2, 0) is 21.4 Å². The zero-order chi connectivity index (χ0) is 16.3. The van der Waals surface area contributed by atoms with Gasteiger partial charge in [0, 0.05) is 30.1 Å². The number of nitrogens with two attached hydrogens (primary N) is 1. The number of nitrogens with zero attached hydrogens (tertiary/aromatic N) is 1. The molecule has 0 aliphatic heterocycles. The summed E-state index contributed by atoms with van der Waals surface area (Å²) in [6.07, 6.45) is 0.307. The van der Waals surface area contributed by atoms with Crippen LogP contribution in [0.2, 0.25) is 0 Å². The fourth-order valence-electron chi connectivity index (χ4n) is 2.21. The maximum Gasteiger partial charge on any atom is 0.222 e. The number of sulfonamides is 1. The Kier molecular flexibility index (Phi) is 4.82. The molecule has 6 nitrogen and oxygen atoms in total. The number of hydrogen-bond donors (Lipinski definition) is 2. The fourth-order valence-corrected chi connectivity index (χ4v) is 2.75. The van der Waals surface area contributed by atoms with Gasteiger partial charge < -0.3 is 9.88 Å². The van der Waals surface area contributed by atoms with Gasteiger partial charge in [-0.2, -0.15) is 0 Å². The van der Waals surface area contributed by atoms with Crippen LogP contribution in [0.5, 0.6) is 0 Å². The van der Waals surface area contributed by atoms with Gasteiger partial charge in [-0.15, -0.1) is 0 Å². The van der Waals surface area contributed by atoms with Crippen molar-refractivity contribution in [3.8, 4) is 0 Å². The third-order valence-corrected chi connectivity index (χ3v) is 4.15. The van der Waals surface area contributed by atoms with E-state index >= 15 is 0 Å². The molecule has 0 aliphatic rings. The van der Waals surface area contributed by atoms with E-state index in [1.807, 2.05) is 0 Å². The Morgan fingerprint density at radius 2 is 2.09 bits per heavy atom. The van der Waals surface area contributed by atoms with Crippen molar-refractivity contribution < 1.29 is 17.6 Å². The first-order valence-corrected chi connectivity index (χ1v) is 8.48. The summed E-state index contributed by atoms with van der Waals surface area (Å²) >= 11 is 0. The maximum atomic E-state index is 13.1. The smallest absolute Gasteiger partial charge is 0.222 e. The van der Waals surface area contributed by atoms with Crippen molar-refractivity contribution in [2.45, 2.75) is 19.4 Å². The van der Waals surface area contributed by atoms with E-state index < -0.39 is 10.0 Å². The largest absolute Gasteiger partial charge is 0.357 e. The monoisotopic (exact) mass is 327 g/mol. The highest BCUT2D eigenvalue weighted by molar-refractivity contribution is 7.89. The van der Waals surface area contributed by atoms with E-state index in [1.165, 1.54) is 17.0 Å². The van der Waals surface area contributed by atoms with Gasteiger partial charge in [0.05, 0.1) is 12.3 Å². The molecule has 2 aromatic rings. The van der Waals surface area contributed by atoms with Crippen molar-refractivity contribution in [1.29, 1.82) is 0 Å². The van der Waals surface area contributed by atoms with Crippen molar-refractivity contribution in [2.24, 2.45) is 5.14 Å². The average Bonchev–Trinajstić information content (AvgIpc) is 2.78. The van der Waals surface area contributed by atoms with Gasteiger partial charge >= 0.3 is 0 Å². The molecule has 0 fully saturated rings. The number of aromatic nitrogens is 1. The summed E-state index contributed by atoms with van der Waals surface area (Å²) < 4.78 is 34.8. The lowest BCUT2D eigenvalue weighted by Crippen LogP contribution is -2.27. The summed E-state index contributed by atoms with van der Waals surface area (Å²) in [6, 6.07) is 6.21. The van der Waals surface area contributed by atoms with Crippen LogP contribution in [0.3, 0.4) is 0 Å². The third-order valence-electron chi connectivity index (χ3n) is 3.29. The van der Waals surface area contributed by atoms with E-state index in [1.54, 1.807) is 19.2 Å². The normalized spacial score (nSPS) is 11.8. The molecule has 0 atom stereocenters. The number of halogens is 1. The van der Waals surface area contributed by atoms with Crippen LogP contribution in [0, 0.1) is 5.82 Å². The highest BCUT2D eigenvalue weighted by Crippen LogP contribution is 2.17. The molecule has 0 saturated carbocycles. The SMILES string of the molecule is CN(Cc1cc2cc(F)ccc2[nH]1)C(=O)CCCS(N)(=O)=O. The molecule has 0 saturated heterocycles. The van der Waals surface area contributed by atoms with Crippen LogP contribution in [-0.4, -0.2) is 37.0 Å². The molecular formula is C14H18FN3O3S. The molecule has 1 amide bonds. The van der Waals surface area contributed by atoms with Crippen molar-refractivity contribution in [3.05, 3.63) is 35.8 Å². The minimum Gasteiger partial charge on any atom is -0.357 e. The summed E-state index contributed by atoms with van der Waals surface area (Å²) in [7, 11) is -1.91. The molecule has 0 bridgehead atoms. The summed E-state index contributed by atoms with van der Waals surface area (Å²) in [6.45, 7) is 0.338. The molecule has 2 rings (SSSR count). The van der Waals surface area contributed by atoms with Crippen molar-refractivity contribution >= 4 is 26.8 Å². The number of fused-ring (bicyclic) bond motifs is 1. The predicted molar refractivity (Wildman–Crippen MR) is 81.9 cm³/mol. The lowest BCUT2D eigenvalue weighted by molar-refractivity contribution is -0.130. The molecule has 1 heterocycles. The van der Waals surface area contributed by atoms with E-state index in [4.69, 9.17) is 5.14 Å². The third kappa shape index (κ3) is 4.54. The fraction of sp³-hybridized carbons (Fsp3) is 0.357. The molecule has 0 spiro atoms. The Labute approximate surface area is 128 Å². The first-order chi connectivity index (χ1) is 10.2. The van der Waals surface area contributed by atoms with Crippen molar-refractivity contribution in [2.75, 3.05) is 12.8 Å². The Hall–Kier alpha value is -1.93. The number of H-pyrrole nitrogens is 1. The second-order valence-electron chi connectivity index (χ2n) is 5.25. The van der Waals surface area contributed by atoms with E-state index in [9.17, 15) is 17.6 Å². The summed E-state index contributed by atoms with van der Waals surface area (Å²) in [4.78, 5) is 16.5. The van der Waals surface area contributed by atoms with Gasteiger partial charge in [-0.25, -0.2) is 17.9 Å². The number of carbonyl (C=O) groups is 1. The molecule has 1 aromatic heterocycles. The number of benzene rings is 1. The highest BCUT2D eigenvalue weighted by Gasteiger charge is 2.12. The molecule has 120 valence electrons. The average molecular weight is 327 g/mol. The molecular weight excluding hydrogens is 309 g/mol. The minimum atomic E-state index is -3.54. The van der Waals surface area contributed by atoms with Gasteiger partial charge in [-0.3, -0.25) is 4.79 Å². The standard InChI is InChI=1S/C14H18FN3O3S/c1-18(14(19)3-2-6-22(16,20)21)9-12-8-10-7-11(15)4-5-13(10)17-12/h4-5,7-8,17H,2-3,6,9H2,1H3,(H2,16,20,21). The Morgan fingerprint density at radius 3 is 2.77 bits per heavy atom. The van der Waals surface area contributed by atoms with Crippen LogP contribution in [0.25, 0.3) is 10.9 Å². The van der Waals surface area contributed by atoms with Crippen LogP contribution < -0.4 is 5.14 Å². The van der Waals surface area contributed by atoms with Crippen LogP contribution >= 0.6 is 0 Å². The van der Waals surface area contributed by atoms with E-state index in [2.05, 4.69) is 4.98 Å². The van der Waals surface area contributed by atoms with Gasteiger partial charge in [0.2, 0.25) is 15.9 Å². The zero-order valence-corrected chi connectivity index (χ0v) is 13.0. The number of hydrogen-bond acceptors (Lipinski definition) is 3. The Bertz CT molecular complexity index is 786. The molecule has 1 aromatic carbocycles. The number of amides is 1. The Balaban J connectivity index is 1.94. The second-order valence-corrected chi connectivity index (χ2v) is 6.98. The molecule has 3 N–H and O–H groups in total. The molecule has 8 heteroatoms.